The molecular weight excluding hydrogens is 232 g/mol. The second-order valence-corrected chi connectivity index (χ2v) is 5.40. The van der Waals surface area contributed by atoms with Gasteiger partial charge in [0.15, 0.2) is 0 Å². The molecule has 0 saturated carbocycles. The van der Waals surface area contributed by atoms with Crippen LogP contribution in [-0.2, 0) is 6.54 Å². The second-order valence-electron chi connectivity index (χ2n) is 4.99. The molecule has 17 heavy (non-hydrogen) atoms. The van der Waals surface area contributed by atoms with Crippen molar-refractivity contribution >= 4 is 23.1 Å². The van der Waals surface area contributed by atoms with Crippen molar-refractivity contribution < 1.29 is 0 Å². The van der Waals surface area contributed by atoms with Crippen LogP contribution in [0.1, 0.15) is 36.8 Å². The van der Waals surface area contributed by atoms with Gasteiger partial charge in [-0.25, -0.2) is 4.99 Å². The number of hydrogen-bond donors (Lipinski definition) is 0. The molecule has 3 rings (SSSR count). The fourth-order valence-electron chi connectivity index (χ4n) is 2.65. The lowest BCUT2D eigenvalue weighted by Gasteiger charge is -2.29. The molecule has 1 fully saturated rings. The van der Waals surface area contributed by atoms with Gasteiger partial charge < -0.3 is 4.90 Å². The number of nitrogens with zero attached hydrogens (tertiary/aromatic N) is 2. The fraction of sp³-hybridized carbons (Fsp3) is 0.500. The highest BCUT2D eigenvalue weighted by molar-refractivity contribution is 6.31. The first-order valence-electron chi connectivity index (χ1n) is 6.35. The van der Waals surface area contributed by atoms with E-state index in [1.807, 2.05) is 6.07 Å². The van der Waals surface area contributed by atoms with Crippen LogP contribution in [-0.4, -0.2) is 17.3 Å². The third-order valence-corrected chi connectivity index (χ3v) is 4.07. The molecule has 0 aliphatic carbocycles. The molecule has 90 valence electrons. The number of aryl methyl sites for hydroxylation is 1. The van der Waals surface area contributed by atoms with E-state index in [0.29, 0.717) is 0 Å². The number of halogens is 1. The first-order chi connectivity index (χ1) is 8.24. The number of aliphatic imine (C=N–C) groups is 1. The summed E-state index contributed by atoms with van der Waals surface area (Å²) in [7, 11) is 0. The average molecular weight is 249 g/mol. The molecule has 0 radical (unpaired) electrons. The molecule has 0 amide bonds. The van der Waals surface area contributed by atoms with Gasteiger partial charge in [0.1, 0.15) is 5.84 Å². The highest BCUT2D eigenvalue weighted by Gasteiger charge is 2.21. The third-order valence-electron chi connectivity index (χ3n) is 3.66. The van der Waals surface area contributed by atoms with Gasteiger partial charge in [0.05, 0.1) is 5.69 Å². The predicted octanol–water partition coefficient (Wildman–Crippen LogP) is 4.07. The monoisotopic (exact) mass is 248 g/mol. The largest absolute Gasteiger partial charge is 0.356 e. The zero-order chi connectivity index (χ0) is 11.8. The van der Waals surface area contributed by atoms with E-state index in [-0.39, 0.29) is 0 Å². The summed E-state index contributed by atoms with van der Waals surface area (Å²) >= 11 is 6.17. The molecule has 0 atom stereocenters. The molecule has 0 unspecified atom stereocenters. The van der Waals surface area contributed by atoms with Crippen LogP contribution in [0.4, 0.5) is 5.69 Å². The lowest BCUT2D eigenvalue weighted by molar-refractivity contribution is 0.403. The Morgan fingerprint density at radius 3 is 3.00 bits per heavy atom. The quantitative estimate of drug-likeness (QED) is 0.676. The van der Waals surface area contributed by atoms with Gasteiger partial charge >= 0.3 is 0 Å². The summed E-state index contributed by atoms with van der Waals surface area (Å²) < 4.78 is 0. The van der Waals surface area contributed by atoms with E-state index < -0.39 is 0 Å². The zero-order valence-corrected chi connectivity index (χ0v) is 10.9. The number of fused-ring (bicyclic) bond motifs is 2. The second kappa shape index (κ2) is 4.34. The average Bonchev–Trinajstić information content (AvgIpc) is 2.53. The van der Waals surface area contributed by atoms with Gasteiger partial charge in [-0.05, 0) is 37.0 Å². The standard InChI is InChI=1S/C14H17ClN2/c1-10-7-11-9-17-6-4-2-3-5-14(17)16-13(11)8-12(10)15/h7-8H,2-6,9H2,1H3. The van der Waals surface area contributed by atoms with E-state index in [4.69, 9.17) is 16.6 Å². The van der Waals surface area contributed by atoms with Crippen molar-refractivity contribution in [1.82, 2.24) is 4.90 Å². The van der Waals surface area contributed by atoms with Gasteiger partial charge in [0.25, 0.3) is 0 Å². The molecule has 1 aromatic carbocycles. The molecule has 1 saturated heterocycles. The Hall–Kier alpha value is -1.02. The molecule has 0 spiro atoms. The number of amidine groups is 1. The van der Waals surface area contributed by atoms with Gasteiger partial charge in [-0.1, -0.05) is 24.1 Å². The summed E-state index contributed by atoms with van der Waals surface area (Å²) in [5.41, 5.74) is 3.55. The molecular formula is C14H17ClN2. The number of rotatable bonds is 0. The van der Waals surface area contributed by atoms with Crippen molar-refractivity contribution in [3.05, 3.63) is 28.3 Å². The lowest BCUT2D eigenvalue weighted by Crippen LogP contribution is -2.32. The third kappa shape index (κ3) is 2.06. The molecule has 0 N–H and O–H groups in total. The van der Waals surface area contributed by atoms with E-state index in [1.54, 1.807) is 0 Å². The maximum absolute atomic E-state index is 6.17. The summed E-state index contributed by atoms with van der Waals surface area (Å²) in [4.78, 5) is 7.22. The normalized spacial score (nSPS) is 19.2. The highest BCUT2D eigenvalue weighted by Crippen LogP contribution is 2.33. The van der Waals surface area contributed by atoms with E-state index in [9.17, 15) is 0 Å². The van der Waals surface area contributed by atoms with Crippen LogP contribution in [0.2, 0.25) is 5.02 Å². The van der Waals surface area contributed by atoms with Gasteiger partial charge in [-0.15, -0.1) is 0 Å². The van der Waals surface area contributed by atoms with Crippen LogP contribution in [0.3, 0.4) is 0 Å². The van der Waals surface area contributed by atoms with Crippen molar-refractivity contribution in [2.45, 2.75) is 39.2 Å². The highest BCUT2D eigenvalue weighted by atomic mass is 35.5. The van der Waals surface area contributed by atoms with Crippen molar-refractivity contribution in [3.63, 3.8) is 0 Å². The van der Waals surface area contributed by atoms with E-state index in [2.05, 4.69) is 17.9 Å². The van der Waals surface area contributed by atoms with Crippen LogP contribution in [0.25, 0.3) is 0 Å². The molecule has 2 heterocycles. The first-order valence-corrected chi connectivity index (χ1v) is 6.73. The first kappa shape index (κ1) is 11.1. The van der Waals surface area contributed by atoms with E-state index >= 15 is 0 Å². The van der Waals surface area contributed by atoms with E-state index in [0.717, 1.165) is 35.8 Å². The lowest BCUT2D eigenvalue weighted by atomic mass is 10.1. The Morgan fingerprint density at radius 1 is 1.24 bits per heavy atom. The number of hydrogen-bond acceptors (Lipinski definition) is 2. The summed E-state index contributed by atoms with van der Waals surface area (Å²) in [5, 5.41) is 0.829. The topological polar surface area (TPSA) is 15.6 Å². The molecule has 0 bridgehead atoms. The Kier molecular flexibility index (Phi) is 2.83. The van der Waals surface area contributed by atoms with Crippen molar-refractivity contribution in [2.75, 3.05) is 6.54 Å². The Balaban J connectivity index is 2.02. The van der Waals surface area contributed by atoms with Gasteiger partial charge in [-0.3, -0.25) is 0 Å². The minimum Gasteiger partial charge on any atom is -0.356 e. The minimum absolute atomic E-state index is 0.829. The Bertz CT molecular complexity index is 479. The molecule has 2 nitrogen and oxygen atoms in total. The summed E-state index contributed by atoms with van der Waals surface area (Å²) in [6.07, 6.45) is 5.00. The zero-order valence-electron chi connectivity index (χ0n) is 10.2. The van der Waals surface area contributed by atoms with Crippen LogP contribution < -0.4 is 0 Å². The summed E-state index contributed by atoms with van der Waals surface area (Å²) in [6, 6.07) is 4.20. The van der Waals surface area contributed by atoms with Crippen molar-refractivity contribution in [2.24, 2.45) is 4.99 Å². The molecule has 2 aliphatic heterocycles. The predicted molar refractivity (Wildman–Crippen MR) is 72.2 cm³/mol. The molecule has 2 aliphatic rings. The summed E-state index contributed by atoms with van der Waals surface area (Å²) in [5.74, 6) is 1.26. The smallest absolute Gasteiger partial charge is 0.105 e. The molecule has 0 aromatic heterocycles. The Labute approximate surface area is 107 Å². The fourth-order valence-corrected chi connectivity index (χ4v) is 2.81. The van der Waals surface area contributed by atoms with Crippen LogP contribution in [0, 0.1) is 6.92 Å². The van der Waals surface area contributed by atoms with Crippen molar-refractivity contribution in [3.8, 4) is 0 Å². The SMILES string of the molecule is Cc1cc2c(cc1Cl)N=C1CCCCCN1C2. The minimum atomic E-state index is 0.829. The van der Waals surface area contributed by atoms with E-state index in [1.165, 1.54) is 30.7 Å². The van der Waals surface area contributed by atoms with Crippen LogP contribution in [0.15, 0.2) is 17.1 Å². The van der Waals surface area contributed by atoms with Gasteiger partial charge in [0.2, 0.25) is 0 Å². The van der Waals surface area contributed by atoms with Gasteiger partial charge in [-0.2, -0.15) is 0 Å². The van der Waals surface area contributed by atoms with Crippen molar-refractivity contribution in [1.29, 1.82) is 0 Å². The van der Waals surface area contributed by atoms with Gasteiger partial charge in [0, 0.05) is 24.5 Å². The summed E-state index contributed by atoms with van der Waals surface area (Å²) in [6.45, 7) is 4.22. The maximum Gasteiger partial charge on any atom is 0.105 e. The van der Waals surface area contributed by atoms with Crippen LogP contribution >= 0.6 is 11.6 Å². The number of benzene rings is 1. The van der Waals surface area contributed by atoms with Crippen LogP contribution in [0.5, 0.6) is 0 Å². The molecule has 1 aromatic rings. The molecule has 3 heteroatoms. The maximum atomic E-state index is 6.17. The Morgan fingerprint density at radius 2 is 2.12 bits per heavy atom.